The highest BCUT2D eigenvalue weighted by Crippen LogP contribution is 2.15. The first kappa shape index (κ1) is 16.7. The Balaban J connectivity index is 1.75. The molecule has 3 aromatic rings. The van der Waals surface area contributed by atoms with Gasteiger partial charge in [0.2, 0.25) is 5.91 Å². The van der Waals surface area contributed by atoms with Crippen LogP contribution in [0.15, 0.2) is 58.1 Å². The molecule has 0 unspecified atom stereocenters. The first-order valence-electron chi connectivity index (χ1n) is 7.19. The molecule has 5 nitrogen and oxygen atoms in total. The molecule has 7 heteroatoms. The second-order valence-electron chi connectivity index (χ2n) is 5.21. The Hall–Kier alpha value is -2.18. The van der Waals surface area contributed by atoms with E-state index >= 15 is 0 Å². The summed E-state index contributed by atoms with van der Waals surface area (Å²) in [7, 11) is 0. The summed E-state index contributed by atoms with van der Waals surface area (Å²) in [6.07, 6.45) is 1.38. The van der Waals surface area contributed by atoms with Crippen molar-refractivity contribution in [3.8, 4) is 0 Å². The van der Waals surface area contributed by atoms with Crippen LogP contribution in [0.25, 0.3) is 10.9 Å². The van der Waals surface area contributed by atoms with Gasteiger partial charge in [-0.2, -0.15) is 0 Å². The van der Waals surface area contributed by atoms with Gasteiger partial charge in [-0.25, -0.2) is 4.98 Å². The number of carbonyl (C=O) groups is 1. The van der Waals surface area contributed by atoms with Gasteiger partial charge in [-0.1, -0.05) is 45.7 Å². The highest BCUT2D eigenvalue weighted by Gasteiger charge is 2.09. The summed E-state index contributed by atoms with van der Waals surface area (Å²) in [5.74, 6) is -0.284. The molecule has 1 amide bonds. The molecule has 0 aliphatic carbocycles. The minimum Gasteiger partial charge on any atom is -0.350 e. The fraction of sp³-hybridized carbons (Fsp3) is 0.118. The van der Waals surface area contributed by atoms with E-state index in [-0.39, 0.29) is 18.0 Å². The molecule has 0 saturated heterocycles. The van der Waals surface area contributed by atoms with E-state index in [0.29, 0.717) is 22.5 Å². The zero-order valence-corrected chi connectivity index (χ0v) is 14.8. The number of benzene rings is 2. The molecule has 24 heavy (non-hydrogen) atoms. The lowest BCUT2D eigenvalue weighted by Crippen LogP contribution is -2.32. The van der Waals surface area contributed by atoms with Crippen molar-refractivity contribution in [1.29, 1.82) is 0 Å². The summed E-state index contributed by atoms with van der Waals surface area (Å²) in [6.45, 7) is 0.207. The molecule has 1 heterocycles. The fourth-order valence-corrected chi connectivity index (χ4v) is 2.85. The van der Waals surface area contributed by atoms with Gasteiger partial charge in [-0.3, -0.25) is 14.2 Å². The van der Waals surface area contributed by atoms with Gasteiger partial charge in [0.15, 0.2) is 0 Å². The number of nitrogens with one attached hydrogen (secondary N) is 1. The van der Waals surface area contributed by atoms with Crippen LogP contribution >= 0.6 is 27.5 Å². The Morgan fingerprint density at radius 1 is 1.25 bits per heavy atom. The summed E-state index contributed by atoms with van der Waals surface area (Å²) in [6, 6.07) is 12.5. The number of amides is 1. The van der Waals surface area contributed by atoms with Crippen LogP contribution in [0.5, 0.6) is 0 Å². The summed E-state index contributed by atoms with van der Waals surface area (Å²) in [5, 5.41) is 3.81. The van der Waals surface area contributed by atoms with E-state index in [1.54, 1.807) is 18.2 Å². The largest absolute Gasteiger partial charge is 0.350 e. The van der Waals surface area contributed by atoms with E-state index in [1.165, 1.54) is 10.9 Å². The first-order valence-corrected chi connectivity index (χ1v) is 8.36. The van der Waals surface area contributed by atoms with Gasteiger partial charge in [0.1, 0.15) is 6.54 Å². The van der Waals surface area contributed by atoms with Crippen molar-refractivity contribution in [2.45, 2.75) is 13.1 Å². The van der Waals surface area contributed by atoms with Crippen LogP contribution in [0.3, 0.4) is 0 Å². The van der Waals surface area contributed by atoms with Gasteiger partial charge in [0.05, 0.1) is 17.2 Å². The molecule has 0 aliphatic rings. The first-order chi connectivity index (χ1) is 11.5. The summed E-state index contributed by atoms with van der Waals surface area (Å²) < 4.78 is 2.08. The van der Waals surface area contributed by atoms with Gasteiger partial charge >= 0.3 is 0 Å². The molecule has 0 fully saturated rings. The molecule has 0 saturated carbocycles. The number of carbonyl (C=O) groups excluding carboxylic acids is 1. The Bertz CT molecular complexity index is 971. The zero-order chi connectivity index (χ0) is 17.1. The minimum atomic E-state index is -0.284. The SMILES string of the molecule is O=C(Cn1cnc2ccc(Br)cc2c1=O)NCc1ccccc1Cl. The molecular formula is C17H13BrClN3O2. The number of rotatable bonds is 4. The van der Waals surface area contributed by atoms with Gasteiger partial charge in [0, 0.05) is 16.0 Å². The van der Waals surface area contributed by atoms with Gasteiger partial charge in [-0.05, 0) is 29.8 Å². The van der Waals surface area contributed by atoms with Crippen LogP contribution in [-0.4, -0.2) is 15.5 Å². The molecule has 0 bridgehead atoms. The molecular weight excluding hydrogens is 394 g/mol. The van der Waals surface area contributed by atoms with Gasteiger partial charge in [-0.15, -0.1) is 0 Å². The normalized spacial score (nSPS) is 10.8. The van der Waals surface area contributed by atoms with Crippen molar-refractivity contribution < 1.29 is 4.79 Å². The summed E-state index contributed by atoms with van der Waals surface area (Å²) >= 11 is 9.38. The van der Waals surface area contributed by atoms with Crippen LogP contribution in [0.1, 0.15) is 5.56 Å². The van der Waals surface area contributed by atoms with Crippen molar-refractivity contribution in [3.05, 3.63) is 74.2 Å². The van der Waals surface area contributed by atoms with Crippen molar-refractivity contribution in [3.63, 3.8) is 0 Å². The zero-order valence-electron chi connectivity index (χ0n) is 12.5. The lowest BCUT2D eigenvalue weighted by Gasteiger charge is -2.09. The third-order valence-electron chi connectivity index (χ3n) is 3.53. The highest BCUT2D eigenvalue weighted by molar-refractivity contribution is 9.10. The van der Waals surface area contributed by atoms with Crippen LogP contribution in [0, 0.1) is 0 Å². The Kier molecular flexibility index (Phi) is 4.97. The predicted molar refractivity (Wildman–Crippen MR) is 97.0 cm³/mol. The molecule has 0 spiro atoms. The van der Waals surface area contributed by atoms with E-state index < -0.39 is 0 Å². The molecule has 1 aromatic heterocycles. The Morgan fingerprint density at radius 3 is 2.83 bits per heavy atom. The summed E-state index contributed by atoms with van der Waals surface area (Å²) in [5.41, 5.74) is 1.16. The van der Waals surface area contributed by atoms with Crippen LogP contribution in [0.4, 0.5) is 0 Å². The predicted octanol–water partition coefficient (Wildman–Crippen LogP) is 3.13. The topological polar surface area (TPSA) is 64.0 Å². The molecule has 3 rings (SSSR count). The Labute approximate surface area is 151 Å². The van der Waals surface area contributed by atoms with Crippen molar-refractivity contribution in [2.24, 2.45) is 0 Å². The lowest BCUT2D eigenvalue weighted by atomic mass is 10.2. The monoisotopic (exact) mass is 405 g/mol. The van der Waals surface area contributed by atoms with Crippen molar-refractivity contribution >= 4 is 44.3 Å². The molecule has 0 aliphatic heterocycles. The smallest absolute Gasteiger partial charge is 0.261 e. The standard InChI is InChI=1S/C17H13BrClN3O2/c18-12-5-6-15-13(7-12)17(24)22(10-21-15)9-16(23)20-8-11-3-1-2-4-14(11)19/h1-7,10H,8-9H2,(H,20,23). The third-order valence-corrected chi connectivity index (χ3v) is 4.40. The fourth-order valence-electron chi connectivity index (χ4n) is 2.29. The van der Waals surface area contributed by atoms with Crippen LogP contribution < -0.4 is 10.9 Å². The van der Waals surface area contributed by atoms with Crippen LogP contribution in [0.2, 0.25) is 5.02 Å². The minimum absolute atomic E-state index is 0.0985. The second-order valence-corrected chi connectivity index (χ2v) is 6.53. The van der Waals surface area contributed by atoms with Gasteiger partial charge < -0.3 is 5.32 Å². The van der Waals surface area contributed by atoms with Gasteiger partial charge in [0.25, 0.3) is 5.56 Å². The van der Waals surface area contributed by atoms with E-state index in [4.69, 9.17) is 11.6 Å². The van der Waals surface area contributed by atoms with Crippen molar-refractivity contribution in [1.82, 2.24) is 14.9 Å². The van der Waals surface area contributed by atoms with E-state index in [1.807, 2.05) is 24.3 Å². The molecule has 0 atom stereocenters. The second kappa shape index (κ2) is 7.15. The number of hydrogen-bond acceptors (Lipinski definition) is 3. The average Bonchev–Trinajstić information content (AvgIpc) is 2.57. The maximum Gasteiger partial charge on any atom is 0.261 e. The third kappa shape index (κ3) is 3.66. The molecule has 1 N–H and O–H groups in total. The van der Waals surface area contributed by atoms with E-state index in [9.17, 15) is 9.59 Å². The molecule has 0 radical (unpaired) electrons. The highest BCUT2D eigenvalue weighted by atomic mass is 79.9. The van der Waals surface area contributed by atoms with E-state index in [0.717, 1.165) is 10.0 Å². The number of aromatic nitrogens is 2. The van der Waals surface area contributed by atoms with Crippen LogP contribution in [-0.2, 0) is 17.9 Å². The number of nitrogens with zero attached hydrogens (tertiary/aromatic N) is 2. The van der Waals surface area contributed by atoms with Crippen molar-refractivity contribution in [2.75, 3.05) is 0 Å². The lowest BCUT2D eigenvalue weighted by molar-refractivity contribution is -0.121. The maximum absolute atomic E-state index is 12.4. The number of halogens is 2. The maximum atomic E-state index is 12.4. The van der Waals surface area contributed by atoms with E-state index in [2.05, 4.69) is 26.2 Å². The average molecular weight is 407 g/mol. The molecule has 122 valence electrons. The number of hydrogen-bond donors (Lipinski definition) is 1. The summed E-state index contributed by atoms with van der Waals surface area (Å²) in [4.78, 5) is 28.8. The number of fused-ring (bicyclic) bond motifs is 1. The Morgan fingerprint density at radius 2 is 2.04 bits per heavy atom. The quantitative estimate of drug-likeness (QED) is 0.724. The molecule has 2 aromatic carbocycles.